The van der Waals surface area contributed by atoms with Gasteiger partial charge in [0.1, 0.15) is 5.75 Å². The van der Waals surface area contributed by atoms with Crippen molar-refractivity contribution < 1.29 is 9.53 Å². The standard InChI is InChI=1S/C12H18N2O2S.ClH/c1-16-10-6-11(17-8-10)12(15)14-5-3-9-2-4-13-7-9;/h6,8-9,13H,2-5,7H2,1H3,(H,14,15);1H. The number of thiophene rings is 1. The van der Waals surface area contributed by atoms with Gasteiger partial charge in [-0.15, -0.1) is 23.7 Å². The smallest absolute Gasteiger partial charge is 0.261 e. The first-order chi connectivity index (χ1) is 8.29. The van der Waals surface area contributed by atoms with Crippen LogP contribution in [-0.2, 0) is 0 Å². The molecule has 1 saturated heterocycles. The molecule has 6 heteroatoms. The fourth-order valence-electron chi connectivity index (χ4n) is 1.98. The third-order valence-electron chi connectivity index (χ3n) is 3.04. The van der Waals surface area contributed by atoms with Gasteiger partial charge < -0.3 is 15.4 Å². The summed E-state index contributed by atoms with van der Waals surface area (Å²) in [6.07, 6.45) is 2.28. The van der Waals surface area contributed by atoms with Crippen LogP contribution in [0.15, 0.2) is 11.4 Å². The van der Waals surface area contributed by atoms with E-state index in [4.69, 9.17) is 4.74 Å². The summed E-state index contributed by atoms with van der Waals surface area (Å²) in [5.74, 6) is 1.47. The van der Waals surface area contributed by atoms with Crippen LogP contribution in [0.3, 0.4) is 0 Å². The molecule has 0 aromatic carbocycles. The van der Waals surface area contributed by atoms with E-state index >= 15 is 0 Å². The van der Waals surface area contributed by atoms with Gasteiger partial charge in [-0.25, -0.2) is 0 Å². The number of rotatable bonds is 5. The minimum Gasteiger partial charge on any atom is -0.496 e. The van der Waals surface area contributed by atoms with Crippen molar-refractivity contribution in [2.75, 3.05) is 26.7 Å². The van der Waals surface area contributed by atoms with E-state index in [-0.39, 0.29) is 18.3 Å². The average molecular weight is 291 g/mol. The minimum atomic E-state index is 0. The second kappa shape index (κ2) is 7.61. The Balaban J connectivity index is 0.00000162. The minimum absolute atomic E-state index is 0. The van der Waals surface area contributed by atoms with E-state index in [2.05, 4.69) is 10.6 Å². The van der Waals surface area contributed by atoms with Gasteiger partial charge in [-0.3, -0.25) is 4.79 Å². The molecule has 1 aliphatic rings. The molecule has 4 nitrogen and oxygen atoms in total. The van der Waals surface area contributed by atoms with Crippen LogP contribution in [-0.4, -0.2) is 32.7 Å². The molecular weight excluding hydrogens is 272 g/mol. The van der Waals surface area contributed by atoms with Crippen LogP contribution in [0.2, 0.25) is 0 Å². The number of hydrogen-bond acceptors (Lipinski definition) is 4. The fourth-order valence-corrected chi connectivity index (χ4v) is 2.75. The Kier molecular flexibility index (Phi) is 6.46. The summed E-state index contributed by atoms with van der Waals surface area (Å²) < 4.78 is 5.05. The van der Waals surface area contributed by atoms with Gasteiger partial charge in [0.15, 0.2) is 0 Å². The number of carbonyl (C=O) groups is 1. The number of halogens is 1. The van der Waals surface area contributed by atoms with Gasteiger partial charge >= 0.3 is 0 Å². The summed E-state index contributed by atoms with van der Waals surface area (Å²) in [5.41, 5.74) is 0. The lowest BCUT2D eigenvalue weighted by Gasteiger charge is -2.08. The van der Waals surface area contributed by atoms with Crippen molar-refractivity contribution in [1.29, 1.82) is 0 Å². The lowest BCUT2D eigenvalue weighted by molar-refractivity contribution is 0.0955. The SMILES string of the molecule is COc1csc(C(=O)NCCC2CCNC2)c1.Cl. The van der Waals surface area contributed by atoms with E-state index in [0.29, 0.717) is 10.8 Å². The monoisotopic (exact) mass is 290 g/mol. The van der Waals surface area contributed by atoms with Crippen LogP contribution >= 0.6 is 23.7 Å². The normalized spacial score (nSPS) is 18.2. The van der Waals surface area contributed by atoms with Gasteiger partial charge in [-0.05, 0) is 31.8 Å². The van der Waals surface area contributed by atoms with Crippen molar-refractivity contribution in [2.45, 2.75) is 12.8 Å². The Hall–Kier alpha value is -0.780. The first-order valence-corrected chi connectivity index (χ1v) is 6.79. The maximum absolute atomic E-state index is 11.8. The molecule has 1 amide bonds. The van der Waals surface area contributed by atoms with Gasteiger partial charge in [0.2, 0.25) is 0 Å². The number of nitrogens with one attached hydrogen (secondary N) is 2. The van der Waals surface area contributed by atoms with E-state index < -0.39 is 0 Å². The molecule has 1 aliphatic heterocycles. The lowest BCUT2D eigenvalue weighted by atomic mass is 10.1. The van der Waals surface area contributed by atoms with Crippen molar-refractivity contribution in [3.63, 3.8) is 0 Å². The van der Waals surface area contributed by atoms with Gasteiger partial charge in [0, 0.05) is 18.0 Å². The molecule has 0 radical (unpaired) electrons. The van der Waals surface area contributed by atoms with Crippen LogP contribution < -0.4 is 15.4 Å². The van der Waals surface area contributed by atoms with E-state index in [1.165, 1.54) is 17.8 Å². The maximum atomic E-state index is 11.8. The topological polar surface area (TPSA) is 50.4 Å². The molecule has 2 rings (SSSR count). The molecule has 1 atom stereocenters. The molecular formula is C12H19ClN2O2S. The van der Waals surface area contributed by atoms with E-state index in [9.17, 15) is 4.79 Å². The largest absolute Gasteiger partial charge is 0.496 e. The number of amides is 1. The quantitative estimate of drug-likeness (QED) is 0.871. The van der Waals surface area contributed by atoms with Crippen LogP contribution in [0.5, 0.6) is 5.75 Å². The Bertz CT molecular complexity index is 378. The summed E-state index contributed by atoms with van der Waals surface area (Å²) in [4.78, 5) is 12.5. The van der Waals surface area contributed by atoms with Crippen LogP contribution in [0.25, 0.3) is 0 Å². The highest BCUT2D eigenvalue weighted by molar-refractivity contribution is 7.12. The molecule has 2 N–H and O–H groups in total. The molecule has 0 spiro atoms. The third-order valence-corrected chi connectivity index (χ3v) is 3.94. The Morgan fingerprint density at radius 2 is 2.50 bits per heavy atom. The Morgan fingerprint density at radius 3 is 3.11 bits per heavy atom. The van der Waals surface area contributed by atoms with Crippen molar-refractivity contribution in [3.05, 3.63) is 16.3 Å². The zero-order valence-electron chi connectivity index (χ0n) is 10.4. The molecule has 1 aromatic heterocycles. The number of hydrogen-bond donors (Lipinski definition) is 2. The highest BCUT2D eigenvalue weighted by atomic mass is 35.5. The molecule has 102 valence electrons. The molecule has 1 fully saturated rings. The van der Waals surface area contributed by atoms with Crippen LogP contribution in [0.4, 0.5) is 0 Å². The molecule has 0 saturated carbocycles. The van der Waals surface area contributed by atoms with Crippen molar-refractivity contribution >= 4 is 29.7 Å². The maximum Gasteiger partial charge on any atom is 0.261 e. The van der Waals surface area contributed by atoms with Crippen LogP contribution in [0.1, 0.15) is 22.5 Å². The zero-order valence-corrected chi connectivity index (χ0v) is 12.0. The second-order valence-electron chi connectivity index (χ2n) is 4.25. The number of ether oxygens (including phenoxy) is 1. The average Bonchev–Trinajstić information content (AvgIpc) is 2.99. The highest BCUT2D eigenvalue weighted by Gasteiger charge is 2.15. The van der Waals surface area contributed by atoms with Gasteiger partial charge in [0.05, 0.1) is 12.0 Å². The summed E-state index contributed by atoms with van der Waals surface area (Å²) in [6.45, 7) is 2.95. The molecule has 1 aromatic rings. The van der Waals surface area contributed by atoms with E-state index in [0.717, 1.165) is 31.8 Å². The summed E-state index contributed by atoms with van der Waals surface area (Å²) in [5, 5.41) is 8.12. The van der Waals surface area contributed by atoms with E-state index in [1.807, 2.05) is 5.38 Å². The molecule has 2 heterocycles. The second-order valence-corrected chi connectivity index (χ2v) is 5.17. The summed E-state index contributed by atoms with van der Waals surface area (Å²) in [6, 6.07) is 1.77. The van der Waals surface area contributed by atoms with Crippen LogP contribution in [0, 0.1) is 5.92 Å². The number of methoxy groups -OCH3 is 1. The highest BCUT2D eigenvalue weighted by Crippen LogP contribution is 2.20. The first-order valence-electron chi connectivity index (χ1n) is 5.91. The first kappa shape index (κ1) is 15.3. The van der Waals surface area contributed by atoms with Crippen molar-refractivity contribution in [2.24, 2.45) is 5.92 Å². The predicted octanol–water partition coefficient (Wildman–Crippen LogP) is 1.91. The fraction of sp³-hybridized carbons (Fsp3) is 0.583. The third kappa shape index (κ3) is 4.15. The summed E-state index contributed by atoms with van der Waals surface area (Å²) >= 11 is 1.42. The zero-order chi connectivity index (χ0) is 12.1. The predicted molar refractivity (Wildman–Crippen MR) is 76.0 cm³/mol. The van der Waals surface area contributed by atoms with Gasteiger partial charge in [0.25, 0.3) is 5.91 Å². The molecule has 1 unspecified atom stereocenters. The van der Waals surface area contributed by atoms with Crippen molar-refractivity contribution in [1.82, 2.24) is 10.6 Å². The summed E-state index contributed by atoms with van der Waals surface area (Å²) in [7, 11) is 1.61. The molecule has 18 heavy (non-hydrogen) atoms. The van der Waals surface area contributed by atoms with E-state index in [1.54, 1.807) is 13.2 Å². The molecule has 0 bridgehead atoms. The van der Waals surface area contributed by atoms with Gasteiger partial charge in [-0.1, -0.05) is 0 Å². The van der Waals surface area contributed by atoms with Crippen molar-refractivity contribution in [3.8, 4) is 5.75 Å². The molecule has 0 aliphatic carbocycles. The Morgan fingerprint density at radius 1 is 1.67 bits per heavy atom. The van der Waals surface area contributed by atoms with Gasteiger partial charge in [-0.2, -0.15) is 0 Å². The number of carbonyl (C=O) groups excluding carboxylic acids is 1. The lowest BCUT2D eigenvalue weighted by Crippen LogP contribution is -2.25. The Labute approximate surface area is 118 Å².